The van der Waals surface area contributed by atoms with E-state index < -0.39 is 5.92 Å². The Bertz CT molecular complexity index is 1310. The van der Waals surface area contributed by atoms with Gasteiger partial charge in [-0.2, -0.15) is 5.26 Å². The number of carbonyl (C=O) groups excluding carboxylic acids is 1. The minimum atomic E-state index is -0.536. The first-order chi connectivity index (χ1) is 19.0. The van der Waals surface area contributed by atoms with Gasteiger partial charge in [0.15, 0.2) is 5.78 Å². The van der Waals surface area contributed by atoms with E-state index in [2.05, 4.69) is 22.4 Å². The fourth-order valence-electron chi connectivity index (χ4n) is 7.40. The van der Waals surface area contributed by atoms with E-state index in [9.17, 15) is 10.1 Å². The van der Waals surface area contributed by atoms with Gasteiger partial charge in [-0.05, 0) is 62.1 Å². The van der Waals surface area contributed by atoms with E-state index in [0.717, 1.165) is 75.4 Å². The molecule has 204 valence electrons. The Morgan fingerprint density at radius 1 is 1.23 bits per heavy atom. The van der Waals surface area contributed by atoms with Crippen LogP contribution < -0.4 is 5.32 Å². The zero-order valence-electron chi connectivity index (χ0n) is 22.2. The SMILES string of the molecule is N#C[C@@H](CC(=O)[C@H]1N[C@@H]2CC[C@H]1C2)Cc1ccc(-c2ccc3c(n2)C2(CCN(C4COC4)CC2)OC3)cc1F. The third kappa shape index (κ3) is 4.59. The van der Waals surface area contributed by atoms with Crippen LogP contribution in [0, 0.1) is 29.0 Å². The summed E-state index contributed by atoms with van der Waals surface area (Å²) in [6.07, 6.45) is 5.46. The highest BCUT2D eigenvalue weighted by atomic mass is 19.1. The molecule has 2 aromatic rings. The second-order valence-electron chi connectivity index (χ2n) is 12.1. The topological polar surface area (TPSA) is 87.5 Å². The summed E-state index contributed by atoms with van der Waals surface area (Å²) >= 11 is 0. The molecule has 1 N–H and O–H groups in total. The van der Waals surface area contributed by atoms with E-state index in [4.69, 9.17) is 14.5 Å². The van der Waals surface area contributed by atoms with Gasteiger partial charge < -0.3 is 14.8 Å². The molecule has 1 aromatic carbocycles. The van der Waals surface area contributed by atoms with E-state index in [0.29, 0.717) is 35.7 Å². The number of halogens is 1. The third-order valence-corrected chi connectivity index (χ3v) is 9.81. The Morgan fingerprint density at radius 2 is 2.08 bits per heavy atom. The molecule has 4 atom stereocenters. The average Bonchev–Trinajstić information content (AvgIpc) is 3.65. The lowest BCUT2D eigenvalue weighted by atomic mass is 9.86. The number of pyridine rings is 1. The molecule has 2 bridgehead atoms. The summed E-state index contributed by atoms with van der Waals surface area (Å²) in [6.45, 7) is 4.12. The highest BCUT2D eigenvalue weighted by molar-refractivity contribution is 5.85. The predicted molar refractivity (Wildman–Crippen MR) is 142 cm³/mol. The zero-order chi connectivity index (χ0) is 26.6. The van der Waals surface area contributed by atoms with Gasteiger partial charge in [0.2, 0.25) is 0 Å². The second kappa shape index (κ2) is 10.0. The predicted octanol–water partition coefficient (Wildman–Crippen LogP) is 3.89. The van der Waals surface area contributed by atoms with Crippen molar-refractivity contribution in [2.45, 2.75) is 75.3 Å². The molecule has 1 spiro atoms. The normalized spacial score (nSPS) is 28.3. The van der Waals surface area contributed by atoms with Gasteiger partial charge in [-0.1, -0.05) is 18.2 Å². The standard InChI is InChI=1S/C31H35FN4O3/c32-26-14-21(2-1-20(26)11-19(15-33)12-28(37)29-22-3-5-24(13-22)34-29)27-6-4-23-16-39-31(30(23)35-27)7-9-36(10-8-31)25-17-38-18-25/h1-2,4,6,14,19,22,24-25,29,34H,3,5,7-13,16-18H2/t19-,22+,24-,29+/m1/s1. The number of benzene rings is 1. The van der Waals surface area contributed by atoms with Crippen molar-refractivity contribution in [2.24, 2.45) is 11.8 Å². The van der Waals surface area contributed by atoms with Crippen molar-refractivity contribution in [2.75, 3.05) is 26.3 Å². The minimum Gasteiger partial charge on any atom is -0.378 e. The Kier molecular flexibility index (Phi) is 6.51. The number of likely N-dealkylation sites (tertiary alicyclic amines) is 1. The van der Waals surface area contributed by atoms with Crippen LogP contribution in [0.15, 0.2) is 30.3 Å². The van der Waals surface area contributed by atoms with Crippen LogP contribution in [-0.2, 0) is 32.9 Å². The summed E-state index contributed by atoms with van der Waals surface area (Å²) in [5.74, 6) is -0.406. The maximum absolute atomic E-state index is 15.3. The van der Waals surface area contributed by atoms with Crippen molar-refractivity contribution in [3.8, 4) is 17.3 Å². The molecule has 7 rings (SSSR count). The first-order valence-corrected chi connectivity index (χ1v) is 14.4. The van der Waals surface area contributed by atoms with Crippen LogP contribution in [0.25, 0.3) is 11.3 Å². The Labute approximate surface area is 228 Å². The number of ether oxygens (including phenoxy) is 2. The van der Waals surface area contributed by atoms with Crippen molar-refractivity contribution >= 4 is 5.78 Å². The van der Waals surface area contributed by atoms with Crippen molar-refractivity contribution in [3.05, 3.63) is 53.0 Å². The third-order valence-electron chi connectivity index (χ3n) is 9.81. The van der Waals surface area contributed by atoms with E-state index in [-0.39, 0.29) is 36.1 Å². The monoisotopic (exact) mass is 530 g/mol. The maximum Gasteiger partial charge on any atom is 0.151 e. The molecular weight excluding hydrogens is 495 g/mol. The smallest absolute Gasteiger partial charge is 0.151 e. The molecule has 5 aliphatic rings. The number of ketones is 1. The minimum absolute atomic E-state index is 0.0936. The van der Waals surface area contributed by atoms with Crippen molar-refractivity contribution in [3.63, 3.8) is 0 Å². The van der Waals surface area contributed by atoms with Gasteiger partial charge in [0.1, 0.15) is 11.4 Å². The van der Waals surface area contributed by atoms with Gasteiger partial charge in [0.25, 0.3) is 0 Å². The Balaban J connectivity index is 1.04. The lowest BCUT2D eigenvalue weighted by molar-refractivity contribution is -0.122. The second-order valence-corrected chi connectivity index (χ2v) is 12.1. The number of fused-ring (bicyclic) bond motifs is 4. The van der Waals surface area contributed by atoms with Crippen LogP contribution in [0.2, 0.25) is 0 Å². The summed E-state index contributed by atoms with van der Waals surface area (Å²) in [5.41, 5.74) is 3.64. The molecule has 8 heteroatoms. The lowest BCUT2D eigenvalue weighted by Gasteiger charge is -2.44. The molecule has 1 aromatic heterocycles. The highest BCUT2D eigenvalue weighted by Crippen LogP contribution is 2.44. The van der Waals surface area contributed by atoms with Crippen LogP contribution in [0.4, 0.5) is 4.39 Å². The number of hydrogen-bond donors (Lipinski definition) is 1. The summed E-state index contributed by atoms with van der Waals surface area (Å²) in [6, 6.07) is 12.2. The molecule has 7 nitrogen and oxygen atoms in total. The average molecular weight is 531 g/mol. The largest absolute Gasteiger partial charge is 0.378 e. The van der Waals surface area contributed by atoms with Crippen LogP contribution in [0.5, 0.6) is 0 Å². The van der Waals surface area contributed by atoms with Crippen LogP contribution in [0.1, 0.15) is 55.3 Å². The van der Waals surface area contributed by atoms with Gasteiger partial charge in [-0.25, -0.2) is 9.37 Å². The number of nitrogens with one attached hydrogen (secondary N) is 1. The van der Waals surface area contributed by atoms with E-state index in [1.165, 1.54) is 6.07 Å². The molecule has 4 aliphatic heterocycles. The summed E-state index contributed by atoms with van der Waals surface area (Å²) < 4.78 is 27.0. The zero-order valence-corrected chi connectivity index (χ0v) is 22.2. The highest BCUT2D eigenvalue weighted by Gasteiger charge is 2.46. The van der Waals surface area contributed by atoms with E-state index in [1.54, 1.807) is 6.07 Å². The first-order valence-electron chi connectivity index (χ1n) is 14.4. The number of rotatable bonds is 7. The van der Waals surface area contributed by atoms with Crippen LogP contribution >= 0.6 is 0 Å². The summed E-state index contributed by atoms with van der Waals surface area (Å²) in [7, 11) is 0. The van der Waals surface area contributed by atoms with Crippen LogP contribution in [0.3, 0.4) is 0 Å². The maximum atomic E-state index is 15.3. The number of hydrogen-bond acceptors (Lipinski definition) is 7. The molecule has 4 fully saturated rings. The Hall–Kier alpha value is -2.70. The number of Topliss-reactive ketones (excluding diaryl/α,β-unsaturated/α-hetero) is 1. The van der Waals surface area contributed by atoms with Crippen molar-refractivity contribution in [1.82, 2.24) is 15.2 Å². The fraction of sp³-hybridized carbons (Fsp3) is 0.581. The van der Waals surface area contributed by atoms with Gasteiger partial charge in [-0.3, -0.25) is 9.69 Å². The number of piperidine rings is 2. The number of nitrogens with zero attached hydrogens (tertiary/aromatic N) is 3. The van der Waals surface area contributed by atoms with Crippen LogP contribution in [-0.4, -0.2) is 60.1 Å². The van der Waals surface area contributed by atoms with Crippen molar-refractivity contribution in [1.29, 1.82) is 5.26 Å². The summed E-state index contributed by atoms with van der Waals surface area (Å²) in [5, 5.41) is 13.1. The fourth-order valence-corrected chi connectivity index (χ4v) is 7.40. The first kappa shape index (κ1) is 25.3. The summed E-state index contributed by atoms with van der Waals surface area (Å²) in [4.78, 5) is 20.4. The lowest BCUT2D eigenvalue weighted by Crippen LogP contribution is -2.54. The number of nitriles is 1. The molecule has 3 saturated heterocycles. The number of carbonyl (C=O) groups is 1. The molecular formula is C31H35FN4O3. The molecule has 5 heterocycles. The van der Waals surface area contributed by atoms with E-state index >= 15 is 4.39 Å². The van der Waals surface area contributed by atoms with Gasteiger partial charge in [0.05, 0.1) is 55.3 Å². The van der Waals surface area contributed by atoms with Gasteiger partial charge in [-0.15, -0.1) is 0 Å². The molecule has 0 radical (unpaired) electrons. The molecule has 1 saturated carbocycles. The van der Waals surface area contributed by atoms with E-state index in [1.807, 2.05) is 12.1 Å². The van der Waals surface area contributed by atoms with Crippen molar-refractivity contribution < 1.29 is 18.7 Å². The Morgan fingerprint density at radius 3 is 2.74 bits per heavy atom. The molecule has 0 unspecified atom stereocenters. The molecule has 0 amide bonds. The van der Waals surface area contributed by atoms with Gasteiger partial charge >= 0.3 is 0 Å². The number of aromatic nitrogens is 1. The van der Waals surface area contributed by atoms with Gasteiger partial charge in [0, 0.05) is 36.7 Å². The molecule has 39 heavy (non-hydrogen) atoms. The molecule has 1 aliphatic carbocycles. The quantitative estimate of drug-likeness (QED) is 0.581.